The van der Waals surface area contributed by atoms with E-state index in [2.05, 4.69) is 42.6 Å². The molecule has 4 heteroatoms. The molecule has 0 unspecified atom stereocenters. The highest BCUT2D eigenvalue weighted by Gasteiger charge is 2.11. The summed E-state index contributed by atoms with van der Waals surface area (Å²) in [7, 11) is 0. The van der Waals surface area contributed by atoms with Crippen LogP contribution in [-0.4, -0.2) is 36.9 Å². The van der Waals surface area contributed by atoms with E-state index in [1.807, 2.05) is 0 Å². The highest BCUT2D eigenvalue weighted by atomic mass is 16.5. The SMILES string of the molecule is CCCCCCCCCCCCCCCC(=O)N[C@@H](CO)COCCCCCCCCCCCCCCCCc1ccccc1. The molecule has 0 fully saturated rings. The molecule has 0 spiro atoms. The molecule has 0 saturated heterocycles. The minimum atomic E-state index is -0.279. The number of ether oxygens (including phenoxy) is 1. The van der Waals surface area contributed by atoms with Gasteiger partial charge >= 0.3 is 0 Å². The molecule has 1 aromatic rings. The number of nitrogens with one attached hydrogen (secondary N) is 1. The summed E-state index contributed by atoms with van der Waals surface area (Å²) in [6, 6.07) is 10.6. The Labute approximate surface area is 280 Å². The van der Waals surface area contributed by atoms with Gasteiger partial charge in [-0.05, 0) is 31.2 Å². The molecule has 0 aliphatic heterocycles. The van der Waals surface area contributed by atoms with E-state index >= 15 is 0 Å². The first-order chi connectivity index (χ1) is 22.3. The van der Waals surface area contributed by atoms with Gasteiger partial charge in [0, 0.05) is 13.0 Å². The maximum Gasteiger partial charge on any atom is 0.220 e. The van der Waals surface area contributed by atoms with Gasteiger partial charge in [-0.3, -0.25) is 4.79 Å². The van der Waals surface area contributed by atoms with E-state index in [9.17, 15) is 9.90 Å². The van der Waals surface area contributed by atoms with Crippen LogP contribution < -0.4 is 5.32 Å². The van der Waals surface area contributed by atoms with Crippen LogP contribution >= 0.6 is 0 Å². The molecular formula is C41H75NO3. The molecule has 1 atom stereocenters. The maximum atomic E-state index is 12.3. The van der Waals surface area contributed by atoms with Gasteiger partial charge < -0.3 is 15.2 Å². The Hall–Kier alpha value is -1.39. The average molecular weight is 630 g/mol. The van der Waals surface area contributed by atoms with E-state index in [4.69, 9.17) is 4.74 Å². The van der Waals surface area contributed by atoms with E-state index < -0.39 is 0 Å². The van der Waals surface area contributed by atoms with Gasteiger partial charge in [-0.1, -0.05) is 191 Å². The normalized spacial score (nSPS) is 12.0. The Kier molecular flexibility index (Phi) is 31.4. The van der Waals surface area contributed by atoms with Gasteiger partial charge in [-0.15, -0.1) is 0 Å². The number of carbonyl (C=O) groups is 1. The molecule has 262 valence electrons. The van der Waals surface area contributed by atoms with E-state index in [0.717, 1.165) is 25.9 Å². The van der Waals surface area contributed by atoms with Crippen LogP contribution in [-0.2, 0) is 16.0 Å². The molecule has 1 aromatic carbocycles. The molecule has 0 saturated carbocycles. The van der Waals surface area contributed by atoms with Crippen molar-refractivity contribution in [1.29, 1.82) is 0 Å². The van der Waals surface area contributed by atoms with Gasteiger partial charge in [0.15, 0.2) is 0 Å². The number of unbranched alkanes of at least 4 members (excludes halogenated alkanes) is 25. The summed E-state index contributed by atoms with van der Waals surface area (Å²) in [5.41, 5.74) is 1.48. The van der Waals surface area contributed by atoms with E-state index in [-0.39, 0.29) is 18.6 Å². The summed E-state index contributed by atoms with van der Waals surface area (Å²) in [6.07, 6.45) is 37.6. The molecule has 0 aliphatic rings. The van der Waals surface area contributed by atoms with E-state index in [1.54, 1.807) is 0 Å². The predicted molar refractivity (Wildman–Crippen MR) is 195 cm³/mol. The number of aliphatic hydroxyl groups excluding tert-OH is 1. The van der Waals surface area contributed by atoms with Crippen molar-refractivity contribution in [3.8, 4) is 0 Å². The molecule has 0 bridgehead atoms. The molecule has 0 aliphatic carbocycles. The number of rotatable bonds is 35. The lowest BCUT2D eigenvalue weighted by molar-refractivity contribution is -0.122. The quantitative estimate of drug-likeness (QED) is 0.0734. The Morgan fingerprint density at radius 2 is 1.02 bits per heavy atom. The summed E-state index contributed by atoms with van der Waals surface area (Å²) in [5.74, 6) is 0.0512. The molecule has 45 heavy (non-hydrogen) atoms. The third-order valence-corrected chi connectivity index (χ3v) is 9.26. The lowest BCUT2D eigenvalue weighted by atomic mass is 10.0. The fourth-order valence-electron chi connectivity index (χ4n) is 6.27. The van der Waals surface area contributed by atoms with Crippen molar-refractivity contribution in [1.82, 2.24) is 5.32 Å². The van der Waals surface area contributed by atoms with E-state index in [0.29, 0.717) is 13.0 Å². The Balaban J connectivity index is 1.77. The van der Waals surface area contributed by atoms with Gasteiger partial charge in [0.05, 0.1) is 19.3 Å². The predicted octanol–water partition coefficient (Wildman–Crippen LogP) is 11.7. The largest absolute Gasteiger partial charge is 0.394 e. The minimum Gasteiger partial charge on any atom is -0.394 e. The van der Waals surface area contributed by atoms with Crippen LogP contribution in [0.1, 0.15) is 192 Å². The van der Waals surface area contributed by atoms with Crippen LogP contribution in [0, 0.1) is 0 Å². The first kappa shape index (κ1) is 41.6. The summed E-state index contributed by atoms with van der Waals surface area (Å²) < 4.78 is 5.77. The highest BCUT2D eigenvalue weighted by Crippen LogP contribution is 2.15. The second-order valence-corrected chi connectivity index (χ2v) is 13.7. The zero-order valence-corrected chi connectivity index (χ0v) is 29.9. The zero-order valence-electron chi connectivity index (χ0n) is 29.9. The average Bonchev–Trinajstić information content (AvgIpc) is 3.06. The minimum absolute atomic E-state index is 0.0512. The smallest absolute Gasteiger partial charge is 0.220 e. The Morgan fingerprint density at radius 3 is 1.49 bits per heavy atom. The number of aryl methyl sites for hydroxylation is 1. The van der Waals surface area contributed by atoms with Crippen LogP contribution in [0.15, 0.2) is 30.3 Å². The van der Waals surface area contributed by atoms with Gasteiger partial charge in [0.25, 0.3) is 0 Å². The lowest BCUT2D eigenvalue weighted by Gasteiger charge is -2.16. The van der Waals surface area contributed by atoms with Crippen LogP contribution in [0.4, 0.5) is 0 Å². The van der Waals surface area contributed by atoms with Gasteiger partial charge in [-0.2, -0.15) is 0 Å². The molecule has 2 N–H and O–H groups in total. The van der Waals surface area contributed by atoms with Crippen LogP contribution in [0.25, 0.3) is 0 Å². The van der Waals surface area contributed by atoms with Gasteiger partial charge in [0.1, 0.15) is 0 Å². The van der Waals surface area contributed by atoms with Crippen molar-refractivity contribution < 1.29 is 14.6 Å². The monoisotopic (exact) mass is 630 g/mol. The fraction of sp³-hybridized carbons (Fsp3) is 0.829. The first-order valence-electron chi connectivity index (χ1n) is 19.8. The Morgan fingerprint density at radius 1 is 0.600 bits per heavy atom. The highest BCUT2D eigenvalue weighted by molar-refractivity contribution is 5.76. The van der Waals surface area contributed by atoms with Crippen molar-refractivity contribution in [3.63, 3.8) is 0 Å². The van der Waals surface area contributed by atoms with Crippen LogP contribution in [0.3, 0.4) is 0 Å². The summed E-state index contributed by atoms with van der Waals surface area (Å²) in [5, 5.41) is 12.6. The topological polar surface area (TPSA) is 58.6 Å². The second kappa shape index (κ2) is 34.0. The maximum absolute atomic E-state index is 12.3. The van der Waals surface area contributed by atoms with Crippen LogP contribution in [0.2, 0.25) is 0 Å². The number of benzene rings is 1. The van der Waals surface area contributed by atoms with Crippen molar-refractivity contribution in [2.45, 2.75) is 199 Å². The summed E-state index contributed by atoms with van der Waals surface area (Å²) in [4.78, 5) is 12.3. The summed E-state index contributed by atoms with van der Waals surface area (Å²) in [6.45, 7) is 3.35. The van der Waals surface area contributed by atoms with Crippen molar-refractivity contribution in [2.75, 3.05) is 19.8 Å². The number of amides is 1. The number of hydrogen-bond acceptors (Lipinski definition) is 3. The fourth-order valence-corrected chi connectivity index (χ4v) is 6.27. The van der Waals surface area contributed by atoms with E-state index in [1.165, 1.54) is 166 Å². The number of aliphatic hydroxyl groups is 1. The third kappa shape index (κ3) is 29.7. The lowest BCUT2D eigenvalue weighted by Crippen LogP contribution is -2.40. The second-order valence-electron chi connectivity index (χ2n) is 13.7. The number of hydrogen-bond donors (Lipinski definition) is 2. The summed E-state index contributed by atoms with van der Waals surface area (Å²) >= 11 is 0. The Bertz CT molecular complexity index is 725. The molecule has 0 heterocycles. The molecule has 1 amide bonds. The molecular weight excluding hydrogens is 554 g/mol. The number of carbonyl (C=O) groups excluding carboxylic acids is 1. The van der Waals surface area contributed by atoms with Crippen molar-refractivity contribution in [2.24, 2.45) is 0 Å². The molecule has 0 aromatic heterocycles. The standard InChI is InChI=1S/C41H75NO3/c1-2-3-4-5-6-7-8-11-15-18-21-24-30-35-41(44)42-40(37-43)38-45-36-31-25-22-19-16-13-10-9-12-14-17-20-23-27-32-39-33-28-26-29-34-39/h26,28-29,33-34,40,43H,2-25,27,30-32,35-38H2,1H3,(H,42,44)/t40-/m0/s1. The third-order valence-electron chi connectivity index (χ3n) is 9.26. The van der Waals surface area contributed by atoms with Crippen LogP contribution in [0.5, 0.6) is 0 Å². The first-order valence-corrected chi connectivity index (χ1v) is 19.8. The zero-order chi connectivity index (χ0) is 32.3. The van der Waals surface area contributed by atoms with Gasteiger partial charge in [0.2, 0.25) is 5.91 Å². The molecule has 0 radical (unpaired) electrons. The van der Waals surface area contributed by atoms with Crippen molar-refractivity contribution >= 4 is 5.91 Å². The molecule has 4 nitrogen and oxygen atoms in total. The van der Waals surface area contributed by atoms with Gasteiger partial charge in [-0.25, -0.2) is 0 Å². The van der Waals surface area contributed by atoms with Crippen molar-refractivity contribution in [3.05, 3.63) is 35.9 Å². The molecule has 1 rings (SSSR count).